The highest BCUT2D eigenvalue weighted by atomic mass is 32.2. The van der Waals surface area contributed by atoms with Gasteiger partial charge >= 0.3 is 0 Å². The maximum atomic E-state index is 12.6. The topological polar surface area (TPSA) is 29.1 Å². The van der Waals surface area contributed by atoms with Crippen molar-refractivity contribution in [1.82, 2.24) is 5.32 Å². The summed E-state index contributed by atoms with van der Waals surface area (Å²) in [5, 5.41) is 3.15. The zero-order valence-electron chi connectivity index (χ0n) is 13.8. The van der Waals surface area contributed by atoms with Crippen molar-refractivity contribution in [2.45, 2.75) is 44.0 Å². The molecule has 0 bridgehead atoms. The Morgan fingerprint density at radius 3 is 2.78 bits per heavy atom. The molecule has 0 fully saturated rings. The van der Waals surface area contributed by atoms with Crippen LogP contribution in [0.25, 0.3) is 0 Å². The van der Waals surface area contributed by atoms with Crippen LogP contribution in [0.5, 0.6) is 0 Å². The van der Waals surface area contributed by atoms with E-state index in [1.54, 1.807) is 11.8 Å². The van der Waals surface area contributed by atoms with E-state index in [-0.39, 0.29) is 11.9 Å². The molecule has 0 spiro atoms. The zero-order chi connectivity index (χ0) is 16.2. The maximum Gasteiger partial charge on any atom is 0.252 e. The van der Waals surface area contributed by atoms with Gasteiger partial charge < -0.3 is 5.32 Å². The Balaban J connectivity index is 1.75. The summed E-state index contributed by atoms with van der Waals surface area (Å²) < 4.78 is 0. The third-order valence-corrected chi connectivity index (χ3v) is 5.36. The van der Waals surface area contributed by atoms with Crippen LogP contribution < -0.4 is 5.32 Å². The fourth-order valence-corrected chi connectivity index (χ4v) is 3.96. The van der Waals surface area contributed by atoms with Gasteiger partial charge in [-0.3, -0.25) is 4.79 Å². The summed E-state index contributed by atoms with van der Waals surface area (Å²) in [6, 6.07) is 14.5. The van der Waals surface area contributed by atoms with Gasteiger partial charge in [0.15, 0.2) is 0 Å². The number of hydrogen-bond acceptors (Lipinski definition) is 2. The Kier molecular flexibility index (Phi) is 5.06. The zero-order valence-corrected chi connectivity index (χ0v) is 14.6. The summed E-state index contributed by atoms with van der Waals surface area (Å²) in [5.74, 6) is 0.972. The van der Waals surface area contributed by atoms with Crippen LogP contribution in [-0.4, -0.2) is 11.7 Å². The number of amides is 1. The quantitative estimate of drug-likeness (QED) is 0.802. The van der Waals surface area contributed by atoms with Gasteiger partial charge in [-0.15, -0.1) is 11.8 Å². The number of benzene rings is 2. The normalized spacial score (nSPS) is 14.3. The van der Waals surface area contributed by atoms with Crippen molar-refractivity contribution in [3.63, 3.8) is 0 Å². The molecule has 2 aromatic rings. The molecule has 2 aromatic carbocycles. The second-order valence-corrected chi connectivity index (χ2v) is 7.31. The summed E-state index contributed by atoms with van der Waals surface area (Å²) in [6.07, 6.45) is 3.61. The highest BCUT2D eigenvalue weighted by Gasteiger charge is 2.17. The molecule has 3 rings (SSSR count). The Labute approximate surface area is 142 Å². The number of fused-ring (bicyclic) bond motifs is 1. The van der Waals surface area contributed by atoms with Crippen molar-refractivity contribution in [3.05, 3.63) is 64.7 Å². The molecule has 1 N–H and O–H groups in total. The van der Waals surface area contributed by atoms with Gasteiger partial charge in [0, 0.05) is 4.90 Å². The number of thioether (sulfide) groups is 1. The van der Waals surface area contributed by atoms with Crippen molar-refractivity contribution in [3.8, 4) is 0 Å². The number of carbonyl (C=O) groups excluding carboxylic acids is 1. The molecule has 0 aliphatic heterocycles. The summed E-state index contributed by atoms with van der Waals surface area (Å²) in [4.78, 5) is 13.7. The molecule has 2 nitrogen and oxygen atoms in total. The van der Waals surface area contributed by atoms with Crippen LogP contribution in [-0.2, 0) is 12.8 Å². The van der Waals surface area contributed by atoms with E-state index in [1.165, 1.54) is 36.0 Å². The fraction of sp³-hybridized carbons (Fsp3) is 0.350. The monoisotopic (exact) mass is 325 g/mol. The van der Waals surface area contributed by atoms with Crippen molar-refractivity contribution in [1.29, 1.82) is 0 Å². The average molecular weight is 325 g/mol. The van der Waals surface area contributed by atoms with E-state index in [1.807, 2.05) is 24.3 Å². The van der Waals surface area contributed by atoms with Crippen molar-refractivity contribution in [2.24, 2.45) is 0 Å². The minimum Gasteiger partial charge on any atom is -0.345 e. The van der Waals surface area contributed by atoms with Gasteiger partial charge in [-0.05, 0) is 60.8 Å². The molecule has 0 radical (unpaired) electrons. The van der Waals surface area contributed by atoms with Gasteiger partial charge in [-0.2, -0.15) is 0 Å². The smallest absolute Gasteiger partial charge is 0.252 e. The van der Waals surface area contributed by atoms with Crippen LogP contribution in [0.3, 0.4) is 0 Å². The SMILES string of the molecule is CCSc1ccccc1C(=O)N[C@H](C)c1ccc2c(c1)CCC2. The average Bonchev–Trinajstić information content (AvgIpc) is 3.03. The maximum absolute atomic E-state index is 12.6. The minimum absolute atomic E-state index is 0.00884. The van der Waals surface area contributed by atoms with Crippen LogP contribution >= 0.6 is 11.8 Å². The summed E-state index contributed by atoms with van der Waals surface area (Å²) in [5.41, 5.74) is 4.88. The minimum atomic E-state index is 0.00884. The molecular weight excluding hydrogens is 302 g/mol. The van der Waals surface area contributed by atoms with Crippen LogP contribution in [0.4, 0.5) is 0 Å². The molecule has 1 atom stereocenters. The van der Waals surface area contributed by atoms with Gasteiger partial charge in [0.05, 0.1) is 11.6 Å². The Bertz CT molecular complexity index is 711. The molecule has 120 valence electrons. The molecule has 0 heterocycles. The lowest BCUT2D eigenvalue weighted by Gasteiger charge is -2.17. The highest BCUT2D eigenvalue weighted by molar-refractivity contribution is 7.99. The van der Waals surface area contributed by atoms with Gasteiger partial charge in [0.2, 0.25) is 0 Å². The van der Waals surface area contributed by atoms with Gasteiger partial charge in [0.1, 0.15) is 0 Å². The highest BCUT2D eigenvalue weighted by Crippen LogP contribution is 2.26. The van der Waals surface area contributed by atoms with Crippen LogP contribution in [0.15, 0.2) is 47.4 Å². The van der Waals surface area contributed by atoms with E-state index >= 15 is 0 Å². The van der Waals surface area contributed by atoms with Gasteiger partial charge in [-0.1, -0.05) is 37.3 Å². The molecule has 1 aliphatic carbocycles. The molecule has 0 unspecified atom stereocenters. The van der Waals surface area contributed by atoms with Crippen LogP contribution in [0, 0.1) is 0 Å². The lowest BCUT2D eigenvalue weighted by Crippen LogP contribution is -2.27. The largest absolute Gasteiger partial charge is 0.345 e. The van der Waals surface area contributed by atoms with E-state index in [2.05, 4.69) is 37.4 Å². The van der Waals surface area contributed by atoms with Crippen molar-refractivity contribution >= 4 is 17.7 Å². The molecule has 23 heavy (non-hydrogen) atoms. The fourth-order valence-electron chi connectivity index (χ4n) is 3.15. The Hall–Kier alpha value is -1.74. The van der Waals surface area contributed by atoms with Crippen LogP contribution in [0.1, 0.15) is 53.4 Å². The molecule has 1 amide bonds. The molecule has 1 aliphatic rings. The summed E-state index contributed by atoms with van der Waals surface area (Å²) in [7, 11) is 0. The van der Waals surface area contributed by atoms with E-state index < -0.39 is 0 Å². The molecule has 0 saturated heterocycles. The van der Waals surface area contributed by atoms with Crippen LogP contribution in [0.2, 0.25) is 0 Å². The summed E-state index contributed by atoms with van der Waals surface area (Å²) in [6.45, 7) is 4.16. The van der Waals surface area contributed by atoms with Crippen molar-refractivity contribution < 1.29 is 4.79 Å². The Morgan fingerprint density at radius 1 is 1.17 bits per heavy atom. The molecule has 3 heteroatoms. The first-order chi connectivity index (χ1) is 11.2. The molecule has 0 aromatic heterocycles. The second-order valence-electron chi connectivity index (χ2n) is 6.01. The van der Waals surface area contributed by atoms with E-state index in [9.17, 15) is 4.79 Å². The second kappa shape index (κ2) is 7.22. The number of nitrogens with one attached hydrogen (secondary N) is 1. The predicted octanol–water partition coefficient (Wildman–Crippen LogP) is 4.78. The van der Waals surface area contributed by atoms with Crippen molar-refractivity contribution in [2.75, 3.05) is 5.75 Å². The van der Waals surface area contributed by atoms with Gasteiger partial charge in [0.25, 0.3) is 5.91 Å². The lowest BCUT2D eigenvalue weighted by molar-refractivity contribution is 0.0937. The van der Waals surface area contributed by atoms with E-state index in [0.717, 1.165) is 16.2 Å². The third kappa shape index (κ3) is 3.61. The van der Waals surface area contributed by atoms with Gasteiger partial charge in [-0.25, -0.2) is 0 Å². The Morgan fingerprint density at radius 2 is 1.96 bits per heavy atom. The summed E-state index contributed by atoms with van der Waals surface area (Å²) >= 11 is 1.71. The molecular formula is C20H23NOS. The number of hydrogen-bond donors (Lipinski definition) is 1. The first-order valence-electron chi connectivity index (χ1n) is 8.33. The standard InChI is InChI=1S/C20H23NOS/c1-3-23-19-10-5-4-9-18(19)20(22)21-14(2)16-12-11-15-7-6-8-17(15)13-16/h4-5,9-14H,3,6-8H2,1-2H3,(H,21,22)/t14-/m1/s1. The van der Waals surface area contributed by atoms with E-state index in [4.69, 9.17) is 0 Å². The first-order valence-corrected chi connectivity index (χ1v) is 9.32. The molecule has 0 saturated carbocycles. The lowest BCUT2D eigenvalue weighted by atomic mass is 10.0. The third-order valence-electron chi connectivity index (χ3n) is 4.40. The predicted molar refractivity (Wildman–Crippen MR) is 97.2 cm³/mol. The van der Waals surface area contributed by atoms with E-state index in [0.29, 0.717) is 0 Å². The first kappa shape index (κ1) is 16.1. The number of carbonyl (C=O) groups is 1. The number of aryl methyl sites for hydroxylation is 2. The number of rotatable bonds is 5.